The fourth-order valence-electron chi connectivity index (χ4n) is 9.06. The number of carbonyl (C=O) groups excluding carboxylic acids is 3. The van der Waals surface area contributed by atoms with Gasteiger partial charge in [0.2, 0.25) is 0 Å². The molecule has 6 heteroatoms. The number of hydrogen-bond acceptors (Lipinski definition) is 6. The molecule has 0 aliphatic rings. The van der Waals surface area contributed by atoms with E-state index in [0.717, 1.165) is 154 Å². The highest BCUT2D eigenvalue weighted by Crippen LogP contribution is 2.16. The molecule has 0 aliphatic heterocycles. The summed E-state index contributed by atoms with van der Waals surface area (Å²) in [7, 11) is 0. The largest absolute Gasteiger partial charge is 0.462 e. The zero-order valence-corrected chi connectivity index (χ0v) is 53.2. The number of esters is 3. The Hall–Kier alpha value is -4.71. The predicted molar refractivity (Wildman–Crippen MR) is 357 cm³/mol. The van der Waals surface area contributed by atoms with E-state index < -0.39 is 6.10 Å². The SMILES string of the molecule is CC/C=C\C/C=C\C/C=C\C/C=C\C/C=C\C/C=C\CCCCCCCCC(=O)OC(COC(=O)CCCCCCC/C=C\CCCCC)COC(=O)CCCCCCCCCCCCC/C=C\C/C=C\C/C=C\C/C=C\C/C=C\CC. The van der Waals surface area contributed by atoms with E-state index in [1.54, 1.807) is 0 Å². The molecule has 0 N–H and O–H groups in total. The molecule has 0 heterocycles. The second-order valence-electron chi connectivity index (χ2n) is 22.0. The van der Waals surface area contributed by atoms with Crippen LogP contribution in [0.3, 0.4) is 0 Å². The molecule has 464 valence electrons. The van der Waals surface area contributed by atoms with Crippen molar-refractivity contribution in [1.29, 1.82) is 0 Å². The molecule has 0 saturated heterocycles. The van der Waals surface area contributed by atoms with E-state index in [-0.39, 0.29) is 31.1 Å². The van der Waals surface area contributed by atoms with Crippen LogP contribution in [-0.4, -0.2) is 37.2 Å². The van der Waals surface area contributed by atoms with Gasteiger partial charge in [0, 0.05) is 19.3 Å². The molecule has 0 bridgehead atoms. The second-order valence-corrected chi connectivity index (χ2v) is 22.0. The molecule has 0 saturated carbocycles. The van der Waals surface area contributed by atoms with Crippen LogP contribution in [0.15, 0.2) is 146 Å². The third-order valence-corrected chi connectivity index (χ3v) is 14.1. The van der Waals surface area contributed by atoms with Crippen LogP contribution in [0, 0.1) is 0 Å². The summed E-state index contributed by atoms with van der Waals surface area (Å²) in [5.41, 5.74) is 0. The van der Waals surface area contributed by atoms with E-state index in [2.05, 4.69) is 167 Å². The molecule has 0 amide bonds. The highest BCUT2D eigenvalue weighted by atomic mass is 16.6. The van der Waals surface area contributed by atoms with Crippen molar-refractivity contribution in [3.05, 3.63) is 146 Å². The number of hydrogen-bond donors (Lipinski definition) is 0. The summed E-state index contributed by atoms with van der Waals surface area (Å²) < 4.78 is 16.9. The summed E-state index contributed by atoms with van der Waals surface area (Å²) in [5, 5.41) is 0. The predicted octanol–water partition coefficient (Wildman–Crippen LogP) is 23.5. The third kappa shape index (κ3) is 66.1. The van der Waals surface area contributed by atoms with Gasteiger partial charge in [-0.1, -0.05) is 282 Å². The lowest BCUT2D eigenvalue weighted by Gasteiger charge is -2.18. The van der Waals surface area contributed by atoms with Crippen LogP contribution >= 0.6 is 0 Å². The fourth-order valence-corrected chi connectivity index (χ4v) is 9.06. The molecular weight excluding hydrogens is 1010 g/mol. The summed E-state index contributed by atoms with van der Waals surface area (Å²) in [5.74, 6) is -0.916. The van der Waals surface area contributed by atoms with Gasteiger partial charge in [0.25, 0.3) is 0 Å². The maximum atomic E-state index is 12.9. The Morgan fingerprint density at radius 3 is 0.756 bits per heavy atom. The molecule has 0 aromatic rings. The van der Waals surface area contributed by atoms with E-state index in [1.165, 1.54) is 103 Å². The average molecular weight is 1130 g/mol. The Balaban J connectivity index is 4.35. The highest BCUT2D eigenvalue weighted by Gasteiger charge is 2.19. The normalized spacial score (nSPS) is 13.1. The molecule has 6 nitrogen and oxygen atoms in total. The van der Waals surface area contributed by atoms with E-state index >= 15 is 0 Å². The summed E-state index contributed by atoms with van der Waals surface area (Å²) in [6.07, 6.45) is 98.6. The molecule has 1 unspecified atom stereocenters. The first kappa shape index (κ1) is 77.3. The summed E-state index contributed by atoms with van der Waals surface area (Å²) in [4.78, 5) is 38.4. The molecular formula is C76H124O6. The molecule has 0 aromatic carbocycles. The monoisotopic (exact) mass is 1130 g/mol. The van der Waals surface area contributed by atoms with Crippen molar-refractivity contribution in [2.75, 3.05) is 13.2 Å². The van der Waals surface area contributed by atoms with Crippen molar-refractivity contribution < 1.29 is 28.6 Å². The van der Waals surface area contributed by atoms with Gasteiger partial charge in [0.05, 0.1) is 0 Å². The van der Waals surface area contributed by atoms with Crippen LogP contribution in [0.4, 0.5) is 0 Å². The quantitative estimate of drug-likeness (QED) is 0.0261. The van der Waals surface area contributed by atoms with Gasteiger partial charge in [-0.15, -0.1) is 0 Å². The first-order valence-corrected chi connectivity index (χ1v) is 33.8. The first-order valence-electron chi connectivity index (χ1n) is 33.8. The van der Waals surface area contributed by atoms with Crippen LogP contribution in [-0.2, 0) is 28.6 Å². The molecule has 0 aliphatic carbocycles. The van der Waals surface area contributed by atoms with Crippen molar-refractivity contribution in [3.63, 3.8) is 0 Å². The van der Waals surface area contributed by atoms with Crippen molar-refractivity contribution in [3.8, 4) is 0 Å². The van der Waals surface area contributed by atoms with Crippen LogP contribution in [0.5, 0.6) is 0 Å². The maximum absolute atomic E-state index is 12.9. The average Bonchev–Trinajstić information content (AvgIpc) is 3.47. The van der Waals surface area contributed by atoms with Gasteiger partial charge in [0.1, 0.15) is 13.2 Å². The standard InChI is InChI=1S/C76H124O6/c1-4-7-10-13-16-19-22-25-27-29-31-33-35-37-38-40-41-43-45-47-49-51-54-57-60-63-66-69-75(78)81-72-73(71-80-74(77)68-65-62-59-56-53-24-21-18-15-12-9-6-3)82-76(79)70-67-64-61-58-55-52-50-48-46-44-42-39-36-34-32-30-28-26-23-20-17-14-11-8-5-2/h7-8,10-11,16-21,25-28,31-34,37-39,42,46,48,73H,4-6,9,12-15,22-24,29-30,35-36,40-41,43-45,47,49-72H2,1-3H3/b10-7-,11-8-,19-16-,20-17-,21-18-,27-25-,28-26-,33-31-,34-32-,38-37-,42-39-,48-46-. The molecule has 1 atom stereocenters. The number of rotatable bonds is 60. The lowest BCUT2D eigenvalue weighted by Crippen LogP contribution is -2.30. The number of unbranched alkanes of at least 4 members (excludes halogenated alkanes) is 25. The Kier molecular flexibility index (Phi) is 64.8. The van der Waals surface area contributed by atoms with Gasteiger partial charge >= 0.3 is 17.9 Å². The molecule has 0 radical (unpaired) electrons. The fraction of sp³-hybridized carbons (Fsp3) is 0.645. The van der Waals surface area contributed by atoms with E-state index in [1.807, 2.05) is 0 Å². The lowest BCUT2D eigenvalue weighted by atomic mass is 10.0. The smallest absolute Gasteiger partial charge is 0.306 e. The minimum absolute atomic E-state index is 0.0922. The minimum atomic E-state index is -0.798. The van der Waals surface area contributed by atoms with Crippen molar-refractivity contribution in [1.82, 2.24) is 0 Å². The Bertz CT molecular complexity index is 1780. The van der Waals surface area contributed by atoms with E-state index in [9.17, 15) is 14.4 Å². The zero-order valence-electron chi connectivity index (χ0n) is 53.2. The number of allylic oxidation sites excluding steroid dienone is 24. The zero-order chi connectivity index (χ0) is 59.2. The van der Waals surface area contributed by atoms with Gasteiger partial charge in [-0.2, -0.15) is 0 Å². The molecule has 0 aromatic heterocycles. The van der Waals surface area contributed by atoms with Gasteiger partial charge in [0.15, 0.2) is 6.10 Å². The topological polar surface area (TPSA) is 78.9 Å². The third-order valence-electron chi connectivity index (χ3n) is 14.1. The number of carbonyl (C=O) groups is 3. The molecule has 0 spiro atoms. The van der Waals surface area contributed by atoms with Crippen LogP contribution < -0.4 is 0 Å². The first-order chi connectivity index (χ1) is 40.5. The van der Waals surface area contributed by atoms with E-state index in [0.29, 0.717) is 19.3 Å². The minimum Gasteiger partial charge on any atom is -0.462 e. The Morgan fingerprint density at radius 1 is 0.256 bits per heavy atom. The Morgan fingerprint density at radius 2 is 0.476 bits per heavy atom. The van der Waals surface area contributed by atoms with Crippen molar-refractivity contribution in [2.24, 2.45) is 0 Å². The molecule has 0 rings (SSSR count). The van der Waals surface area contributed by atoms with Crippen molar-refractivity contribution in [2.45, 2.75) is 303 Å². The van der Waals surface area contributed by atoms with Gasteiger partial charge < -0.3 is 14.2 Å². The van der Waals surface area contributed by atoms with Gasteiger partial charge in [-0.3, -0.25) is 14.4 Å². The second kappa shape index (κ2) is 68.8. The van der Waals surface area contributed by atoms with Gasteiger partial charge in [-0.05, 0) is 141 Å². The molecule has 82 heavy (non-hydrogen) atoms. The van der Waals surface area contributed by atoms with Crippen molar-refractivity contribution >= 4 is 17.9 Å². The van der Waals surface area contributed by atoms with Gasteiger partial charge in [-0.25, -0.2) is 0 Å². The summed E-state index contributed by atoms with van der Waals surface area (Å²) in [6.45, 7) is 6.38. The van der Waals surface area contributed by atoms with Crippen LogP contribution in [0.2, 0.25) is 0 Å². The molecule has 0 fully saturated rings. The summed E-state index contributed by atoms with van der Waals surface area (Å²) >= 11 is 0. The Labute approximate surface area is 506 Å². The highest BCUT2D eigenvalue weighted by molar-refractivity contribution is 5.71. The lowest BCUT2D eigenvalue weighted by molar-refractivity contribution is -0.167. The summed E-state index contributed by atoms with van der Waals surface area (Å²) in [6, 6.07) is 0. The van der Waals surface area contributed by atoms with E-state index in [4.69, 9.17) is 14.2 Å². The van der Waals surface area contributed by atoms with Crippen LogP contribution in [0.25, 0.3) is 0 Å². The maximum Gasteiger partial charge on any atom is 0.306 e. The van der Waals surface area contributed by atoms with Crippen LogP contribution in [0.1, 0.15) is 297 Å². The number of ether oxygens (including phenoxy) is 3.